The zero-order valence-electron chi connectivity index (χ0n) is 14.8. The number of para-hydroxylation sites is 1. The van der Waals surface area contributed by atoms with Crippen molar-refractivity contribution in [3.05, 3.63) is 65.2 Å². The van der Waals surface area contributed by atoms with Gasteiger partial charge in [-0.2, -0.15) is 0 Å². The molecule has 0 unspecified atom stereocenters. The molecule has 0 aliphatic heterocycles. The Morgan fingerprint density at radius 3 is 2.76 bits per heavy atom. The molecule has 0 spiro atoms. The van der Waals surface area contributed by atoms with Crippen molar-refractivity contribution in [2.45, 2.75) is 44.8 Å². The van der Waals surface area contributed by atoms with Gasteiger partial charge in [0.15, 0.2) is 0 Å². The SMILES string of the molecule is CCc1ccccc1OC[C@@H](O)CN[C@H]1CCCc2ccccc21.Cl. The van der Waals surface area contributed by atoms with Crippen molar-refractivity contribution in [2.24, 2.45) is 0 Å². The summed E-state index contributed by atoms with van der Waals surface area (Å²) in [4.78, 5) is 0. The second-order valence-electron chi connectivity index (χ2n) is 6.48. The van der Waals surface area contributed by atoms with Crippen LogP contribution in [0, 0.1) is 0 Å². The molecule has 0 fully saturated rings. The topological polar surface area (TPSA) is 41.5 Å². The fourth-order valence-corrected chi connectivity index (χ4v) is 3.43. The molecule has 1 aliphatic rings. The lowest BCUT2D eigenvalue weighted by molar-refractivity contribution is 0.102. The molecule has 2 atom stereocenters. The molecule has 25 heavy (non-hydrogen) atoms. The van der Waals surface area contributed by atoms with E-state index >= 15 is 0 Å². The maximum absolute atomic E-state index is 10.3. The molecule has 0 amide bonds. The third-order valence-electron chi connectivity index (χ3n) is 4.75. The van der Waals surface area contributed by atoms with Crippen molar-refractivity contribution in [1.82, 2.24) is 5.32 Å². The minimum absolute atomic E-state index is 0. The van der Waals surface area contributed by atoms with Crippen LogP contribution in [0.4, 0.5) is 0 Å². The molecule has 2 aromatic rings. The van der Waals surface area contributed by atoms with Crippen molar-refractivity contribution in [3.63, 3.8) is 0 Å². The first-order chi connectivity index (χ1) is 11.8. The monoisotopic (exact) mass is 361 g/mol. The van der Waals surface area contributed by atoms with E-state index in [2.05, 4.69) is 42.6 Å². The van der Waals surface area contributed by atoms with Gasteiger partial charge in [0.2, 0.25) is 0 Å². The summed E-state index contributed by atoms with van der Waals surface area (Å²) in [6.07, 6.45) is 3.91. The third-order valence-corrected chi connectivity index (χ3v) is 4.75. The van der Waals surface area contributed by atoms with E-state index in [-0.39, 0.29) is 12.4 Å². The summed E-state index contributed by atoms with van der Waals surface area (Å²) in [6.45, 7) is 2.98. The Morgan fingerprint density at radius 1 is 1.16 bits per heavy atom. The highest BCUT2D eigenvalue weighted by atomic mass is 35.5. The number of hydrogen-bond acceptors (Lipinski definition) is 3. The van der Waals surface area contributed by atoms with Crippen molar-refractivity contribution >= 4 is 12.4 Å². The number of benzene rings is 2. The van der Waals surface area contributed by atoms with Gasteiger partial charge in [0, 0.05) is 12.6 Å². The number of ether oxygens (including phenoxy) is 1. The van der Waals surface area contributed by atoms with E-state index in [0.717, 1.165) is 25.0 Å². The zero-order chi connectivity index (χ0) is 16.8. The smallest absolute Gasteiger partial charge is 0.122 e. The molecule has 2 N–H and O–H groups in total. The molecule has 3 nitrogen and oxygen atoms in total. The standard InChI is InChI=1S/C21H27NO2.ClH/c1-2-16-8-4-6-13-21(16)24-15-18(23)14-22-20-12-7-10-17-9-3-5-11-19(17)20;/h3-6,8-9,11,13,18,20,22-23H,2,7,10,12,14-15H2,1H3;1H/t18-,20-;/m0./s1. The Kier molecular flexibility index (Phi) is 7.76. The molecule has 0 radical (unpaired) electrons. The Balaban J connectivity index is 0.00000225. The van der Waals surface area contributed by atoms with Crippen LogP contribution in [0.2, 0.25) is 0 Å². The molecule has 0 bridgehead atoms. The van der Waals surface area contributed by atoms with E-state index in [1.165, 1.54) is 23.1 Å². The largest absolute Gasteiger partial charge is 0.491 e. The van der Waals surface area contributed by atoms with Gasteiger partial charge < -0.3 is 15.2 Å². The molecule has 1 aliphatic carbocycles. The summed E-state index contributed by atoms with van der Waals surface area (Å²) >= 11 is 0. The Labute approximate surface area is 156 Å². The van der Waals surface area contributed by atoms with Gasteiger partial charge in [0.05, 0.1) is 0 Å². The summed E-state index contributed by atoms with van der Waals surface area (Å²) in [6, 6.07) is 17.0. The Hall–Kier alpha value is -1.55. The highest BCUT2D eigenvalue weighted by molar-refractivity contribution is 5.85. The van der Waals surface area contributed by atoms with Crippen molar-refractivity contribution in [3.8, 4) is 5.75 Å². The molecule has 0 heterocycles. The summed E-state index contributed by atoms with van der Waals surface area (Å²) < 4.78 is 5.81. The van der Waals surface area contributed by atoms with Gasteiger partial charge in [-0.15, -0.1) is 12.4 Å². The number of aliphatic hydroxyl groups excluding tert-OH is 1. The average Bonchev–Trinajstić information content (AvgIpc) is 2.64. The summed E-state index contributed by atoms with van der Waals surface area (Å²) in [5.74, 6) is 0.877. The van der Waals surface area contributed by atoms with Gasteiger partial charge in [0.25, 0.3) is 0 Å². The van der Waals surface area contributed by atoms with Crippen LogP contribution in [0.5, 0.6) is 5.75 Å². The van der Waals surface area contributed by atoms with Gasteiger partial charge >= 0.3 is 0 Å². The number of halogens is 1. The molecule has 0 aromatic heterocycles. The molecule has 0 saturated heterocycles. The van der Waals surface area contributed by atoms with Gasteiger partial charge in [0.1, 0.15) is 18.5 Å². The lowest BCUT2D eigenvalue weighted by Gasteiger charge is -2.27. The van der Waals surface area contributed by atoms with Crippen LogP contribution in [0.25, 0.3) is 0 Å². The Morgan fingerprint density at radius 2 is 1.92 bits per heavy atom. The first-order valence-electron chi connectivity index (χ1n) is 8.98. The van der Waals surface area contributed by atoms with Crippen LogP contribution in [0.15, 0.2) is 48.5 Å². The molecule has 136 valence electrons. The minimum Gasteiger partial charge on any atom is -0.491 e. The normalized spacial score (nSPS) is 17.3. The lowest BCUT2D eigenvalue weighted by Crippen LogP contribution is -2.35. The van der Waals surface area contributed by atoms with E-state index in [0.29, 0.717) is 19.2 Å². The van der Waals surface area contributed by atoms with E-state index in [9.17, 15) is 5.11 Å². The number of hydrogen-bond donors (Lipinski definition) is 2. The van der Waals surface area contributed by atoms with Gasteiger partial charge in [-0.3, -0.25) is 0 Å². The number of aliphatic hydroxyl groups is 1. The van der Waals surface area contributed by atoms with Crippen LogP contribution in [0.1, 0.15) is 42.5 Å². The van der Waals surface area contributed by atoms with E-state index in [4.69, 9.17) is 4.74 Å². The average molecular weight is 362 g/mol. The number of nitrogens with one attached hydrogen (secondary N) is 1. The lowest BCUT2D eigenvalue weighted by atomic mass is 9.88. The van der Waals surface area contributed by atoms with Gasteiger partial charge in [-0.1, -0.05) is 49.4 Å². The molecule has 3 rings (SSSR count). The number of rotatable bonds is 7. The van der Waals surface area contributed by atoms with Crippen LogP contribution >= 0.6 is 12.4 Å². The fraction of sp³-hybridized carbons (Fsp3) is 0.429. The fourth-order valence-electron chi connectivity index (χ4n) is 3.43. The maximum atomic E-state index is 10.3. The van der Waals surface area contributed by atoms with Crippen LogP contribution < -0.4 is 10.1 Å². The van der Waals surface area contributed by atoms with Crippen LogP contribution in [-0.2, 0) is 12.8 Å². The van der Waals surface area contributed by atoms with Crippen LogP contribution in [0.3, 0.4) is 0 Å². The highest BCUT2D eigenvalue weighted by Crippen LogP contribution is 2.29. The molecular formula is C21H28ClNO2. The van der Waals surface area contributed by atoms with E-state index < -0.39 is 6.10 Å². The third kappa shape index (κ3) is 5.21. The first kappa shape index (κ1) is 19.8. The van der Waals surface area contributed by atoms with Crippen molar-refractivity contribution in [2.75, 3.05) is 13.2 Å². The summed E-state index contributed by atoms with van der Waals surface area (Å²) in [5, 5.41) is 13.8. The van der Waals surface area contributed by atoms with E-state index in [1.54, 1.807) is 0 Å². The first-order valence-corrected chi connectivity index (χ1v) is 8.98. The Bertz CT molecular complexity index is 662. The molecule has 2 aromatic carbocycles. The zero-order valence-corrected chi connectivity index (χ0v) is 15.6. The highest BCUT2D eigenvalue weighted by Gasteiger charge is 2.20. The predicted molar refractivity (Wildman–Crippen MR) is 105 cm³/mol. The number of fused-ring (bicyclic) bond motifs is 1. The summed E-state index contributed by atoms with van der Waals surface area (Å²) in [5.41, 5.74) is 4.00. The van der Waals surface area contributed by atoms with Crippen LogP contribution in [-0.4, -0.2) is 24.4 Å². The predicted octanol–water partition coefficient (Wildman–Crippen LogP) is 4.08. The van der Waals surface area contributed by atoms with Gasteiger partial charge in [-0.25, -0.2) is 0 Å². The van der Waals surface area contributed by atoms with Gasteiger partial charge in [-0.05, 0) is 48.4 Å². The maximum Gasteiger partial charge on any atom is 0.122 e. The molecular weight excluding hydrogens is 334 g/mol. The number of aryl methyl sites for hydroxylation is 2. The van der Waals surface area contributed by atoms with E-state index in [1.807, 2.05) is 18.2 Å². The van der Waals surface area contributed by atoms with Crippen molar-refractivity contribution < 1.29 is 9.84 Å². The van der Waals surface area contributed by atoms with Crippen molar-refractivity contribution in [1.29, 1.82) is 0 Å². The molecule has 0 saturated carbocycles. The molecule has 4 heteroatoms. The quantitative estimate of drug-likeness (QED) is 0.780. The second-order valence-corrected chi connectivity index (χ2v) is 6.48. The summed E-state index contributed by atoms with van der Waals surface area (Å²) in [7, 11) is 0. The minimum atomic E-state index is -0.510. The second kappa shape index (κ2) is 9.81.